The fourth-order valence-corrected chi connectivity index (χ4v) is 0.703. The first kappa shape index (κ1) is 6.74. The molecule has 0 aliphatic heterocycles. The second-order valence-electron chi connectivity index (χ2n) is 2.06. The van der Waals surface area contributed by atoms with Gasteiger partial charge in [-0.2, -0.15) is 0 Å². The molecule has 3 nitrogen and oxygen atoms in total. The van der Waals surface area contributed by atoms with Crippen molar-refractivity contribution in [2.45, 2.75) is 6.92 Å². The molecule has 0 fully saturated rings. The third-order valence-electron chi connectivity index (χ3n) is 1.28. The van der Waals surface area contributed by atoms with Crippen molar-refractivity contribution in [3.63, 3.8) is 0 Å². The minimum atomic E-state index is 0.572. The van der Waals surface area contributed by atoms with Crippen LogP contribution >= 0.6 is 0 Å². The molecule has 0 atom stereocenters. The van der Waals surface area contributed by atoms with Gasteiger partial charge in [0.15, 0.2) is 6.29 Å². The fraction of sp³-hybridized carbons (Fsp3) is 0.143. The van der Waals surface area contributed by atoms with Crippen LogP contribution in [0.15, 0.2) is 18.3 Å². The summed E-state index contributed by atoms with van der Waals surface area (Å²) in [5.41, 5.74) is 1.22. The molecule has 0 saturated heterocycles. The van der Waals surface area contributed by atoms with E-state index in [0.29, 0.717) is 11.3 Å². The Kier molecular flexibility index (Phi) is 1.67. The Morgan fingerprint density at radius 2 is 2.40 bits per heavy atom. The number of aldehydes is 1. The second kappa shape index (κ2) is 2.47. The molecule has 1 aromatic rings. The van der Waals surface area contributed by atoms with E-state index in [4.69, 9.17) is 5.21 Å². The normalized spacial score (nSPS) is 9.30. The number of hydrogen-bond acceptors (Lipinski definition) is 2. The van der Waals surface area contributed by atoms with Gasteiger partial charge >= 0.3 is 0 Å². The van der Waals surface area contributed by atoms with Crippen LogP contribution in [-0.4, -0.2) is 11.5 Å². The maximum Gasteiger partial charge on any atom is 0.231 e. The summed E-state index contributed by atoms with van der Waals surface area (Å²) in [6, 6.07) is 3.15. The van der Waals surface area contributed by atoms with Crippen molar-refractivity contribution in [3.05, 3.63) is 29.6 Å². The Labute approximate surface area is 58.5 Å². The molecule has 1 aromatic heterocycles. The van der Waals surface area contributed by atoms with Gasteiger partial charge in [-0.25, -0.2) is 0 Å². The molecule has 0 spiro atoms. The van der Waals surface area contributed by atoms with Crippen molar-refractivity contribution in [2.75, 3.05) is 0 Å². The molecule has 0 aliphatic rings. The molecule has 10 heavy (non-hydrogen) atoms. The lowest BCUT2D eigenvalue weighted by Gasteiger charge is -1.88. The average Bonchev–Trinajstić information content (AvgIpc) is 1.95. The lowest BCUT2D eigenvalue weighted by molar-refractivity contribution is -0.908. The summed E-state index contributed by atoms with van der Waals surface area (Å²) in [6.45, 7) is 1.72. The zero-order valence-electron chi connectivity index (χ0n) is 5.61. The number of nitrogens with zero attached hydrogens (tertiary/aromatic N) is 1. The first-order chi connectivity index (χ1) is 4.74. The summed E-state index contributed by atoms with van der Waals surface area (Å²) in [7, 11) is 0. The standard InChI is InChI=1S/C7H8NO2/c1-6-4-7(5-9)2-3-8(6)10/h2-5,10H,1H3/q+1. The predicted molar refractivity (Wildman–Crippen MR) is 33.9 cm³/mol. The third kappa shape index (κ3) is 1.13. The number of aromatic nitrogens is 1. The molecule has 1 N–H and O–H groups in total. The van der Waals surface area contributed by atoms with E-state index in [0.717, 1.165) is 11.0 Å². The van der Waals surface area contributed by atoms with Crippen molar-refractivity contribution in [1.29, 1.82) is 0 Å². The van der Waals surface area contributed by atoms with Gasteiger partial charge in [-0.1, -0.05) is 0 Å². The van der Waals surface area contributed by atoms with Gasteiger partial charge in [0.2, 0.25) is 11.9 Å². The topological polar surface area (TPSA) is 41.2 Å². The molecule has 0 amide bonds. The average molecular weight is 138 g/mol. The largest absolute Gasteiger partial charge is 0.298 e. The van der Waals surface area contributed by atoms with Crippen LogP contribution in [0.25, 0.3) is 0 Å². The number of rotatable bonds is 1. The molecule has 0 bridgehead atoms. The van der Waals surface area contributed by atoms with Crippen molar-refractivity contribution < 1.29 is 14.7 Å². The van der Waals surface area contributed by atoms with E-state index in [-0.39, 0.29) is 0 Å². The maximum atomic E-state index is 10.2. The van der Waals surface area contributed by atoms with Crippen LogP contribution in [0.3, 0.4) is 0 Å². The summed E-state index contributed by atoms with van der Waals surface area (Å²) < 4.78 is 0.965. The van der Waals surface area contributed by atoms with Crippen LogP contribution in [0, 0.1) is 6.92 Å². The first-order valence-electron chi connectivity index (χ1n) is 2.91. The van der Waals surface area contributed by atoms with Crippen LogP contribution in [0.4, 0.5) is 0 Å². The Bertz CT molecular complexity index is 258. The van der Waals surface area contributed by atoms with Crippen molar-refractivity contribution in [3.8, 4) is 0 Å². The summed E-state index contributed by atoms with van der Waals surface area (Å²) in [6.07, 6.45) is 2.17. The molecule has 0 unspecified atom stereocenters. The molecule has 1 rings (SSSR count). The molecule has 52 valence electrons. The smallest absolute Gasteiger partial charge is 0.231 e. The van der Waals surface area contributed by atoms with E-state index in [2.05, 4.69) is 0 Å². The van der Waals surface area contributed by atoms with Crippen LogP contribution in [0.5, 0.6) is 0 Å². The molecule has 0 radical (unpaired) electrons. The molecule has 0 aromatic carbocycles. The van der Waals surface area contributed by atoms with Gasteiger partial charge in [0.05, 0.1) is 0 Å². The lowest BCUT2D eigenvalue weighted by Crippen LogP contribution is -2.32. The van der Waals surface area contributed by atoms with Crippen LogP contribution in [0.2, 0.25) is 0 Å². The minimum Gasteiger partial charge on any atom is -0.298 e. The Morgan fingerprint density at radius 1 is 1.70 bits per heavy atom. The number of pyridine rings is 1. The molecule has 0 aliphatic carbocycles. The number of aryl methyl sites for hydroxylation is 1. The number of hydrogen-bond donors (Lipinski definition) is 1. The second-order valence-corrected chi connectivity index (χ2v) is 2.06. The van der Waals surface area contributed by atoms with Gasteiger partial charge < -0.3 is 0 Å². The van der Waals surface area contributed by atoms with E-state index < -0.39 is 0 Å². The van der Waals surface area contributed by atoms with E-state index in [9.17, 15) is 4.79 Å². The van der Waals surface area contributed by atoms with Crippen molar-refractivity contribution >= 4 is 6.29 Å². The van der Waals surface area contributed by atoms with Gasteiger partial charge in [-0.05, 0) is 0 Å². The molecular weight excluding hydrogens is 130 g/mol. The number of carbonyl (C=O) groups excluding carboxylic acids is 1. The van der Waals surface area contributed by atoms with E-state index in [1.807, 2.05) is 0 Å². The summed E-state index contributed by atoms with van der Waals surface area (Å²) in [5.74, 6) is 0. The highest BCUT2D eigenvalue weighted by atomic mass is 16.5. The van der Waals surface area contributed by atoms with Gasteiger partial charge in [0.1, 0.15) is 0 Å². The molecule has 0 saturated carbocycles. The molecular formula is C7H8NO2+. The maximum absolute atomic E-state index is 10.2. The van der Waals surface area contributed by atoms with Crippen LogP contribution < -0.4 is 4.73 Å². The summed E-state index contributed by atoms with van der Waals surface area (Å²) in [4.78, 5) is 10.2. The highest BCUT2D eigenvalue weighted by molar-refractivity contribution is 5.74. The number of carbonyl (C=O) groups is 1. The van der Waals surface area contributed by atoms with E-state index in [1.165, 1.54) is 6.20 Å². The summed E-state index contributed by atoms with van der Waals surface area (Å²) in [5, 5.41) is 8.94. The first-order valence-corrected chi connectivity index (χ1v) is 2.91. The molecule has 1 heterocycles. The van der Waals surface area contributed by atoms with Gasteiger partial charge in [0, 0.05) is 29.4 Å². The van der Waals surface area contributed by atoms with Crippen LogP contribution in [-0.2, 0) is 0 Å². The van der Waals surface area contributed by atoms with E-state index in [1.54, 1.807) is 19.1 Å². The van der Waals surface area contributed by atoms with Gasteiger partial charge in [0.25, 0.3) is 0 Å². The highest BCUT2D eigenvalue weighted by Crippen LogP contribution is 1.93. The summed E-state index contributed by atoms with van der Waals surface area (Å²) >= 11 is 0. The predicted octanol–water partition coefficient (Wildman–Crippen LogP) is 0.332. The zero-order chi connectivity index (χ0) is 7.56. The molecule has 3 heteroatoms. The monoisotopic (exact) mass is 138 g/mol. The van der Waals surface area contributed by atoms with Crippen LogP contribution in [0.1, 0.15) is 16.1 Å². The SMILES string of the molecule is Cc1cc(C=O)cc[n+]1O. The fourth-order valence-electron chi connectivity index (χ4n) is 0.703. The quantitative estimate of drug-likeness (QED) is 0.345. The zero-order valence-corrected chi connectivity index (χ0v) is 5.61. The Morgan fingerprint density at radius 3 is 2.90 bits per heavy atom. The van der Waals surface area contributed by atoms with Crippen molar-refractivity contribution in [2.24, 2.45) is 0 Å². The van der Waals surface area contributed by atoms with Gasteiger partial charge in [-0.15, -0.1) is 0 Å². The van der Waals surface area contributed by atoms with Crippen molar-refractivity contribution in [1.82, 2.24) is 0 Å². The highest BCUT2D eigenvalue weighted by Gasteiger charge is 2.02. The van der Waals surface area contributed by atoms with Gasteiger partial charge in [-0.3, -0.25) is 10.0 Å². The third-order valence-corrected chi connectivity index (χ3v) is 1.28. The van der Waals surface area contributed by atoms with E-state index >= 15 is 0 Å². The Balaban J connectivity index is 3.16. The minimum absolute atomic E-state index is 0.572. The Hall–Kier alpha value is -1.38. The lowest BCUT2D eigenvalue weighted by atomic mass is 10.2.